The van der Waals surface area contributed by atoms with E-state index in [9.17, 15) is 9.90 Å². The lowest BCUT2D eigenvalue weighted by molar-refractivity contribution is -0.139. The highest BCUT2D eigenvalue weighted by Crippen LogP contribution is 2.30. The third kappa shape index (κ3) is 3.87. The highest BCUT2D eigenvalue weighted by atomic mass is 35.5. The van der Waals surface area contributed by atoms with Gasteiger partial charge >= 0.3 is 5.97 Å². The maximum absolute atomic E-state index is 11.2. The van der Waals surface area contributed by atoms with Gasteiger partial charge in [0.2, 0.25) is 0 Å². The lowest BCUT2D eigenvalue weighted by atomic mass is 10.1. The molecule has 1 rings (SSSR count). The lowest BCUT2D eigenvalue weighted by Gasteiger charge is -2.18. The summed E-state index contributed by atoms with van der Waals surface area (Å²) in [4.78, 5) is 11.2. The van der Waals surface area contributed by atoms with Crippen molar-refractivity contribution in [3.8, 4) is 0 Å². The molecule has 5 heteroatoms. The first kappa shape index (κ1) is 14.3. The maximum Gasteiger partial charge on any atom is 0.325 e. The predicted molar refractivity (Wildman–Crippen MR) is 69.7 cm³/mol. The average molecular weight is 276 g/mol. The fourth-order valence-corrected chi connectivity index (χ4v) is 1.84. The minimum absolute atomic E-state index is 0.290. The van der Waals surface area contributed by atoms with E-state index in [1.807, 2.05) is 13.8 Å². The van der Waals surface area contributed by atoms with Gasteiger partial charge in [0.1, 0.15) is 6.04 Å². The van der Waals surface area contributed by atoms with Crippen LogP contribution in [-0.2, 0) is 4.79 Å². The molecule has 0 aromatic heterocycles. The highest BCUT2D eigenvalue weighted by molar-refractivity contribution is 6.42. The van der Waals surface area contributed by atoms with Crippen LogP contribution in [0.4, 0.5) is 0 Å². The molecule has 0 aliphatic rings. The maximum atomic E-state index is 11.2. The van der Waals surface area contributed by atoms with Crippen molar-refractivity contribution in [3.05, 3.63) is 33.8 Å². The molecule has 17 heavy (non-hydrogen) atoms. The number of carboxylic acids is 1. The monoisotopic (exact) mass is 275 g/mol. The molecule has 0 heterocycles. The van der Waals surface area contributed by atoms with E-state index < -0.39 is 12.0 Å². The molecule has 1 unspecified atom stereocenters. The number of nitrogens with one attached hydrogen (secondary N) is 1. The molecule has 3 nitrogen and oxygen atoms in total. The van der Waals surface area contributed by atoms with Gasteiger partial charge in [-0.15, -0.1) is 0 Å². The Balaban J connectivity index is 2.97. The molecule has 0 radical (unpaired) electrons. The van der Waals surface area contributed by atoms with Crippen molar-refractivity contribution in [2.45, 2.75) is 19.9 Å². The minimum atomic E-state index is -0.963. The first-order chi connectivity index (χ1) is 7.93. The van der Waals surface area contributed by atoms with Gasteiger partial charge in [0, 0.05) is 5.56 Å². The van der Waals surface area contributed by atoms with E-state index in [1.165, 1.54) is 0 Å². The van der Waals surface area contributed by atoms with Crippen molar-refractivity contribution in [2.24, 2.45) is 5.92 Å². The van der Waals surface area contributed by atoms with Crippen LogP contribution in [0.5, 0.6) is 0 Å². The zero-order valence-corrected chi connectivity index (χ0v) is 11.2. The number of aliphatic carboxylic acids is 1. The van der Waals surface area contributed by atoms with E-state index in [2.05, 4.69) is 5.32 Å². The molecule has 0 bridgehead atoms. The number of hydrogen-bond acceptors (Lipinski definition) is 2. The molecule has 0 aliphatic heterocycles. The Morgan fingerprint density at radius 2 is 2.06 bits per heavy atom. The summed E-state index contributed by atoms with van der Waals surface area (Å²) in [5.74, 6) is -0.607. The van der Waals surface area contributed by atoms with Gasteiger partial charge in [0.05, 0.1) is 10.0 Å². The Morgan fingerprint density at radius 1 is 1.41 bits per heavy atom. The van der Waals surface area contributed by atoms with Crippen molar-refractivity contribution in [2.75, 3.05) is 6.54 Å². The van der Waals surface area contributed by atoms with Crippen molar-refractivity contribution in [3.63, 3.8) is 0 Å². The first-order valence-electron chi connectivity index (χ1n) is 5.33. The third-order valence-corrected chi connectivity index (χ3v) is 3.10. The normalized spacial score (nSPS) is 12.8. The fraction of sp³-hybridized carbons (Fsp3) is 0.417. The molecule has 0 saturated carbocycles. The van der Waals surface area contributed by atoms with Crippen molar-refractivity contribution in [1.82, 2.24) is 5.32 Å². The van der Waals surface area contributed by atoms with E-state index in [0.29, 0.717) is 23.0 Å². The molecule has 0 saturated heterocycles. The van der Waals surface area contributed by atoms with Crippen LogP contribution in [0.2, 0.25) is 10.0 Å². The lowest BCUT2D eigenvalue weighted by Crippen LogP contribution is -2.31. The Labute approximate surface area is 111 Å². The molecule has 1 aromatic rings. The molecule has 0 spiro atoms. The van der Waals surface area contributed by atoms with E-state index >= 15 is 0 Å². The summed E-state index contributed by atoms with van der Waals surface area (Å²) in [6.45, 7) is 4.61. The Morgan fingerprint density at radius 3 is 2.59 bits per heavy atom. The topological polar surface area (TPSA) is 49.3 Å². The van der Waals surface area contributed by atoms with Crippen LogP contribution in [0.3, 0.4) is 0 Å². The van der Waals surface area contributed by atoms with Crippen molar-refractivity contribution >= 4 is 29.2 Å². The Hall–Kier alpha value is -0.770. The van der Waals surface area contributed by atoms with Gasteiger partial charge in [-0.05, 0) is 18.5 Å². The summed E-state index contributed by atoms with van der Waals surface area (Å²) in [6, 6.07) is 4.16. The number of benzene rings is 1. The SMILES string of the molecule is CC(C)CNC(C(=O)O)c1cccc(Cl)c1Cl. The predicted octanol–water partition coefficient (Wildman–Crippen LogP) is 3.36. The van der Waals surface area contributed by atoms with Gasteiger partial charge < -0.3 is 10.4 Å². The number of carbonyl (C=O) groups is 1. The largest absolute Gasteiger partial charge is 0.480 e. The van der Waals surface area contributed by atoms with E-state index in [-0.39, 0.29) is 5.02 Å². The Kier molecular flexibility index (Phi) is 5.25. The zero-order valence-electron chi connectivity index (χ0n) is 9.71. The highest BCUT2D eigenvalue weighted by Gasteiger charge is 2.22. The van der Waals surface area contributed by atoms with Gasteiger partial charge in [-0.1, -0.05) is 49.2 Å². The van der Waals surface area contributed by atoms with Crippen LogP contribution >= 0.6 is 23.2 Å². The number of hydrogen-bond donors (Lipinski definition) is 2. The van der Waals surface area contributed by atoms with Gasteiger partial charge in [0.25, 0.3) is 0 Å². The average Bonchev–Trinajstić information content (AvgIpc) is 2.23. The van der Waals surface area contributed by atoms with Crippen LogP contribution in [0, 0.1) is 5.92 Å². The molecule has 2 N–H and O–H groups in total. The second-order valence-electron chi connectivity index (χ2n) is 4.22. The van der Waals surface area contributed by atoms with Crippen molar-refractivity contribution < 1.29 is 9.90 Å². The number of rotatable bonds is 5. The quantitative estimate of drug-likeness (QED) is 0.866. The zero-order chi connectivity index (χ0) is 13.0. The standard InChI is InChI=1S/C12H15Cl2NO2/c1-7(2)6-15-11(12(16)17)8-4-3-5-9(13)10(8)14/h3-5,7,11,15H,6H2,1-2H3,(H,16,17). The summed E-state index contributed by atoms with van der Waals surface area (Å²) in [7, 11) is 0. The fourth-order valence-electron chi connectivity index (χ4n) is 1.43. The molecular weight excluding hydrogens is 261 g/mol. The molecule has 0 fully saturated rings. The van der Waals surface area contributed by atoms with Gasteiger partial charge in [-0.3, -0.25) is 4.79 Å². The van der Waals surface area contributed by atoms with Crippen molar-refractivity contribution in [1.29, 1.82) is 0 Å². The van der Waals surface area contributed by atoms with Crippen LogP contribution in [-0.4, -0.2) is 17.6 Å². The van der Waals surface area contributed by atoms with Gasteiger partial charge in [-0.25, -0.2) is 0 Å². The molecule has 94 valence electrons. The number of halogens is 2. The summed E-state index contributed by atoms with van der Waals surface area (Å²) >= 11 is 11.9. The molecule has 0 aliphatic carbocycles. The summed E-state index contributed by atoms with van der Waals surface area (Å²) in [5.41, 5.74) is 0.493. The minimum Gasteiger partial charge on any atom is -0.480 e. The molecule has 1 atom stereocenters. The second-order valence-corrected chi connectivity index (χ2v) is 5.00. The van der Waals surface area contributed by atoms with Gasteiger partial charge in [-0.2, -0.15) is 0 Å². The number of carboxylic acid groups (broad SMARTS) is 1. The van der Waals surface area contributed by atoms with Crippen LogP contribution in [0.1, 0.15) is 25.5 Å². The molecular formula is C12H15Cl2NO2. The Bertz CT molecular complexity index is 407. The van der Waals surface area contributed by atoms with E-state index in [0.717, 1.165) is 0 Å². The van der Waals surface area contributed by atoms with E-state index in [4.69, 9.17) is 23.2 Å². The summed E-state index contributed by atoms with van der Waals surface area (Å²) < 4.78 is 0. The first-order valence-corrected chi connectivity index (χ1v) is 6.09. The summed E-state index contributed by atoms with van der Waals surface area (Å²) in [6.07, 6.45) is 0. The van der Waals surface area contributed by atoms with Crippen LogP contribution < -0.4 is 5.32 Å². The van der Waals surface area contributed by atoms with E-state index in [1.54, 1.807) is 18.2 Å². The molecule has 0 amide bonds. The third-order valence-electron chi connectivity index (χ3n) is 2.27. The smallest absolute Gasteiger partial charge is 0.325 e. The van der Waals surface area contributed by atoms with Gasteiger partial charge in [0.15, 0.2) is 0 Å². The van der Waals surface area contributed by atoms with Crippen LogP contribution in [0.15, 0.2) is 18.2 Å². The van der Waals surface area contributed by atoms with Crippen LogP contribution in [0.25, 0.3) is 0 Å². The second kappa shape index (κ2) is 6.24. The summed E-state index contributed by atoms with van der Waals surface area (Å²) in [5, 5.41) is 12.8. The molecule has 1 aromatic carbocycles.